The molecular weight excluding hydrogens is 237 g/mol. The summed E-state index contributed by atoms with van der Waals surface area (Å²) >= 11 is 0. The van der Waals surface area contributed by atoms with Crippen LogP contribution in [0.15, 0.2) is 36.5 Å². The first-order chi connectivity index (χ1) is 8.63. The van der Waals surface area contributed by atoms with Crippen LogP contribution in [0.1, 0.15) is 10.4 Å². The molecule has 18 heavy (non-hydrogen) atoms. The van der Waals surface area contributed by atoms with E-state index < -0.39 is 11.9 Å². The third kappa shape index (κ3) is 2.15. The van der Waals surface area contributed by atoms with Gasteiger partial charge in [0.05, 0.1) is 7.11 Å². The number of carboxylic acid groups (broad SMARTS) is 1. The summed E-state index contributed by atoms with van der Waals surface area (Å²) in [5, 5.41) is 9.22. The lowest BCUT2D eigenvalue weighted by atomic mass is 10.0. The first-order valence-electron chi connectivity index (χ1n) is 5.15. The van der Waals surface area contributed by atoms with Gasteiger partial charge in [0, 0.05) is 17.3 Å². The van der Waals surface area contributed by atoms with Crippen molar-refractivity contribution in [2.45, 2.75) is 0 Å². The number of carboxylic acids is 1. The van der Waals surface area contributed by atoms with Crippen LogP contribution in [-0.2, 0) is 0 Å². The normalized spacial score (nSPS) is 10.1. The van der Waals surface area contributed by atoms with Gasteiger partial charge in [-0.05, 0) is 18.2 Å². The standard InChI is InChI=1S/C13H10FNO3/c1-18-10-4-2-3-9(12(10)13(16)17)8-5-6-11(14)15-7-8/h2-7H,1H3,(H,16,17). The Morgan fingerprint density at radius 3 is 2.67 bits per heavy atom. The van der Waals surface area contributed by atoms with Gasteiger partial charge < -0.3 is 9.84 Å². The van der Waals surface area contributed by atoms with E-state index in [1.807, 2.05) is 0 Å². The van der Waals surface area contributed by atoms with Gasteiger partial charge in [-0.25, -0.2) is 9.78 Å². The lowest BCUT2D eigenvalue weighted by Crippen LogP contribution is -2.03. The van der Waals surface area contributed by atoms with E-state index in [1.54, 1.807) is 18.2 Å². The van der Waals surface area contributed by atoms with E-state index in [1.165, 1.54) is 25.4 Å². The van der Waals surface area contributed by atoms with Gasteiger partial charge in [-0.15, -0.1) is 0 Å². The van der Waals surface area contributed by atoms with Crippen molar-refractivity contribution in [1.82, 2.24) is 4.98 Å². The molecule has 0 fully saturated rings. The van der Waals surface area contributed by atoms with Crippen LogP contribution in [0.4, 0.5) is 4.39 Å². The number of hydrogen-bond acceptors (Lipinski definition) is 3. The number of rotatable bonds is 3. The predicted molar refractivity (Wildman–Crippen MR) is 63.1 cm³/mol. The first kappa shape index (κ1) is 12.0. The summed E-state index contributed by atoms with van der Waals surface area (Å²) in [5.41, 5.74) is 0.996. The number of halogens is 1. The Balaban J connectivity index is 2.63. The number of hydrogen-bond donors (Lipinski definition) is 1. The second-order valence-electron chi connectivity index (χ2n) is 3.56. The van der Waals surface area contributed by atoms with Gasteiger partial charge in [0.1, 0.15) is 11.3 Å². The van der Waals surface area contributed by atoms with E-state index in [2.05, 4.69) is 4.98 Å². The molecule has 0 aliphatic heterocycles. The molecule has 5 heteroatoms. The minimum absolute atomic E-state index is 0.0356. The molecule has 2 rings (SSSR count). The van der Waals surface area contributed by atoms with Gasteiger partial charge >= 0.3 is 5.97 Å². The molecule has 2 aromatic rings. The van der Waals surface area contributed by atoms with Gasteiger partial charge in [0.25, 0.3) is 0 Å². The molecule has 0 spiro atoms. The van der Waals surface area contributed by atoms with Crippen LogP contribution in [0.3, 0.4) is 0 Å². The Kier molecular flexibility index (Phi) is 3.23. The minimum Gasteiger partial charge on any atom is -0.496 e. The van der Waals surface area contributed by atoms with E-state index >= 15 is 0 Å². The summed E-state index contributed by atoms with van der Waals surface area (Å²) in [7, 11) is 1.40. The highest BCUT2D eigenvalue weighted by Crippen LogP contribution is 2.30. The van der Waals surface area contributed by atoms with E-state index in [0.717, 1.165) is 0 Å². The van der Waals surface area contributed by atoms with Gasteiger partial charge in [0.15, 0.2) is 0 Å². The molecule has 0 saturated carbocycles. The topological polar surface area (TPSA) is 59.4 Å². The Morgan fingerprint density at radius 1 is 1.33 bits per heavy atom. The lowest BCUT2D eigenvalue weighted by molar-refractivity contribution is 0.0694. The first-order valence-corrected chi connectivity index (χ1v) is 5.15. The highest BCUT2D eigenvalue weighted by atomic mass is 19.1. The number of ether oxygens (including phenoxy) is 1. The van der Waals surface area contributed by atoms with Crippen LogP contribution in [0.2, 0.25) is 0 Å². The highest BCUT2D eigenvalue weighted by molar-refractivity contribution is 5.98. The van der Waals surface area contributed by atoms with E-state index in [9.17, 15) is 14.3 Å². The van der Waals surface area contributed by atoms with Crippen molar-refractivity contribution >= 4 is 5.97 Å². The summed E-state index contributed by atoms with van der Waals surface area (Å²) in [6.07, 6.45) is 1.29. The molecule has 1 heterocycles. The second-order valence-corrected chi connectivity index (χ2v) is 3.56. The Morgan fingerprint density at radius 2 is 2.11 bits per heavy atom. The molecule has 0 bridgehead atoms. The summed E-state index contributed by atoms with van der Waals surface area (Å²) in [4.78, 5) is 14.8. The minimum atomic E-state index is -1.10. The van der Waals surface area contributed by atoms with Crippen molar-refractivity contribution < 1.29 is 19.0 Å². The maximum Gasteiger partial charge on any atom is 0.340 e. The quantitative estimate of drug-likeness (QED) is 0.847. The van der Waals surface area contributed by atoms with E-state index in [-0.39, 0.29) is 11.3 Å². The molecule has 0 atom stereocenters. The molecule has 1 aromatic heterocycles. The number of benzene rings is 1. The summed E-state index contributed by atoms with van der Waals surface area (Å²) < 4.78 is 17.8. The molecule has 0 amide bonds. The number of methoxy groups -OCH3 is 1. The smallest absolute Gasteiger partial charge is 0.340 e. The molecule has 1 N–H and O–H groups in total. The van der Waals surface area contributed by atoms with E-state index in [0.29, 0.717) is 11.1 Å². The van der Waals surface area contributed by atoms with Gasteiger partial charge in [0.2, 0.25) is 5.95 Å². The van der Waals surface area contributed by atoms with Crippen molar-refractivity contribution in [3.05, 3.63) is 48.0 Å². The third-order valence-electron chi connectivity index (χ3n) is 2.50. The Labute approximate surface area is 103 Å². The Bertz CT molecular complexity index is 581. The number of aromatic nitrogens is 1. The largest absolute Gasteiger partial charge is 0.496 e. The van der Waals surface area contributed by atoms with Crippen molar-refractivity contribution in [3.63, 3.8) is 0 Å². The van der Waals surface area contributed by atoms with Crippen molar-refractivity contribution in [2.75, 3.05) is 7.11 Å². The second kappa shape index (κ2) is 4.83. The van der Waals surface area contributed by atoms with Gasteiger partial charge in [-0.1, -0.05) is 12.1 Å². The third-order valence-corrected chi connectivity index (χ3v) is 2.50. The molecule has 0 unspecified atom stereocenters. The average molecular weight is 247 g/mol. The Hall–Kier alpha value is -2.43. The van der Waals surface area contributed by atoms with Crippen LogP contribution in [0.5, 0.6) is 5.75 Å². The molecule has 1 aromatic carbocycles. The average Bonchev–Trinajstić information content (AvgIpc) is 2.38. The number of pyridine rings is 1. The fraction of sp³-hybridized carbons (Fsp3) is 0.0769. The lowest BCUT2D eigenvalue weighted by Gasteiger charge is -2.10. The molecule has 0 aliphatic carbocycles. The van der Waals surface area contributed by atoms with Crippen LogP contribution >= 0.6 is 0 Å². The van der Waals surface area contributed by atoms with Crippen molar-refractivity contribution in [3.8, 4) is 16.9 Å². The summed E-state index contributed by atoms with van der Waals surface area (Å²) in [6.45, 7) is 0. The van der Waals surface area contributed by atoms with Crippen molar-refractivity contribution in [2.24, 2.45) is 0 Å². The fourth-order valence-corrected chi connectivity index (χ4v) is 1.70. The summed E-state index contributed by atoms with van der Waals surface area (Å²) in [5.74, 6) is -1.46. The molecular formula is C13H10FNO3. The van der Waals surface area contributed by atoms with E-state index in [4.69, 9.17) is 4.74 Å². The van der Waals surface area contributed by atoms with Gasteiger partial charge in [-0.3, -0.25) is 0 Å². The SMILES string of the molecule is COc1cccc(-c2ccc(F)nc2)c1C(=O)O. The zero-order valence-corrected chi connectivity index (χ0v) is 9.55. The zero-order chi connectivity index (χ0) is 13.1. The van der Waals surface area contributed by atoms with Crippen LogP contribution in [-0.4, -0.2) is 23.2 Å². The van der Waals surface area contributed by atoms with Crippen LogP contribution in [0, 0.1) is 5.95 Å². The zero-order valence-electron chi connectivity index (χ0n) is 9.55. The molecule has 0 radical (unpaired) electrons. The number of nitrogens with zero attached hydrogens (tertiary/aromatic N) is 1. The molecule has 0 saturated heterocycles. The fourth-order valence-electron chi connectivity index (χ4n) is 1.70. The predicted octanol–water partition coefficient (Wildman–Crippen LogP) is 2.59. The van der Waals surface area contributed by atoms with Crippen LogP contribution in [0.25, 0.3) is 11.1 Å². The maximum atomic E-state index is 12.8. The number of carbonyl (C=O) groups is 1. The highest BCUT2D eigenvalue weighted by Gasteiger charge is 2.17. The summed E-state index contributed by atoms with van der Waals surface area (Å²) in [6, 6.07) is 7.51. The molecule has 0 aliphatic rings. The monoisotopic (exact) mass is 247 g/mol. The molecule has 92 valence electrons. The maximum absolute atomic E-state index is 12.8. The van der Waals surface area contributed by atoms with Crippen molar-refractivity contribution in [1.29, 1.82) is 0 Å². The van der Waals surface area contributed by atoms with Crippen LogP contribution < -0.4 is 4.74 Å². The van der Waals surface area contributed by atoms with Gasteiger partial charge in [-0.2, -0.15) is 4.39 Å². The molecule has 4 nitrogen and oxygen atoms in total. The number of aromatic carboxylic acids is 1.